The molecule has 0 amide bonds. The minimum Gasteiger partial charge on any atom is -0.205 e. The van der Waals surface area contributed by atoms with Gasteiger partial charge in [-0.3, -0.25) is 0 Å². The predicted molar refractivity (Wildman–Crippen MR) is 60.3 cm³/mol. The van der Waals surface area contributed by atoms with Crippen LogP contribution in [0.15, 0.2) is 16.6 Å². The largest absolute Gasteiger partial charge is 0.205 e. The minimum absolute atomic E-state index is 0.0784. The van der Waals surface area contributed by atoms with Gasteiger partial charge in [-0.25, -0.2) is 4.39 Å². The zero-order chi connectivity index (χ0) is 11.1. The van der Waals surface area contributed by atoms with Crippen molar-refractivity contribution in [2.24, 2.45) is 0 Å². The second kappa shape index (κ2) is 3.77. The molecule has 1 aromatic rings. The third-order valence-corrected chi connectivity index (χ3v) is 3.90. The van der Waals surface area contributed by atoms with Gasteiger partial charge in [-0.1, -0.05) is 27.5 Å². The number of nitrogens with zero attached hydrogens (tertiary/aromatic N) is 1. The quantitative estimate of drug-likeness (QED) is 0.711. The van der Waals surface area contributed by atoms with Gasteiger partial charge in [-0.05, 0) is 31.4 Å². The SMILES string of the molecule is N#CC1(c2c(Br)ccc(Cl)c2F)CCC1. The van der Waals surface area contributed by atoms with Crippen LogP contribution in [0.4, 0.5) is 4.39 Å². The summed E-state index contributed by atoms with van der Waals surface area (Å²) in [5, 5.41) is 9.23. The first-order valence-corrected chi connectivity index (χ1v) is 5.83. The lowest BCUT2D eigenvalue weighted by Gasteiger charge is -2.36. The van der Waals surface area contributed by atoms with Crippen molar-refractivity contribution >= 4 is 27.5 Å². The average Bonchev–Trinajstić information content (AvgIpc) is 2.16. The summed E-state index contributed by atoms with van der Waals surface area (Å²) in [6.45, 7) is 0. The van der Waals surface area contributed by atoms with Crippen molar-refractivity contribution in [2.75, 3.05) is 0 Å². The van der Waals surface area contributed by atoms with Crippen LogP contribution in [0.2, 0.25) is 5.02 Å². The molecule has 0 unspecified atom stereocenters. The smallest absolute Gasteiger partial charge is 0.147 e. The highest BCUT2D eigenvalue weighted by molar-refractivity contribution is 9.10. The summed E-state index contributed by atoms with van der Waals surface area (Å²) in [5.41, 5.74) is -0.253. The Hall–Kier alpha value is -0.590. The summed E-state index contributed by atoms with van der Waals surface area (Å²) in [6, 6.07) is 5.40. The molecule has 2 rings (SSSR count). The maximum Gasteiger partial charge on any atom is 0.147 e. The van der Waals surface area contributed by atoms with Gasteiger partial charge in [-0.2, -0.15) is 5.26 Å². The molecule has 1 nitrogen and oxygen atoms in total. The Balaban J connectivity index is 2.62. The maximum absolute atomic E-state index is 13.9. The summed E-state index contributed by atoms with van der Waals surface area (Å²) in [7, 11) is 0. The molecular weight excluding hydrogens is 280 g/mol. The van der Waals surface area contributed by atoms with Gasteiger partial charge < -0.3 is 0 Å². The Kier molecular flexibility index (Phi) is 2.74. The zero-order valence-corrected chi connectivity index (χ0v) is 10.2. The first kappa shape index (κ1) is 10.9. The average molecular weight is 289 g/mol. The van der Waals surface area contributed by atoms with Gasteiger partial charge in [0.25, 0.3) is 0 Å². The summed E-state index contributed by atoms with van der Waals surface area (Å²) >= 11 is 9.01. The van der Waals surface area contributed by atoms with Gasteiger partial charge in [0, 0.05) is 10.0 Å². The van der Waals surface area contributed by atoms with Crippen LogP contribution in [0.5, 0.6) is 0 Å². The minimum atomic E-state index is -0.673. The summed E-state index contributed by atoms with van der Waals surface area (Å²) in [5.74, 6) is -0.465. The van der Waals surface area contributed by atoms with Crippen LogP contribution in [-0.4, -0.2) is 0 Å². The Morgan fingerprint density at radius 1 is 1.47 bits per heavy atom. The van der Waals surface area contributed by atoms with Gasteiger partial charge in [0.2, 0.25) is 0 Å². The molecule has 0 radical (unpaired) electrons. The van der Waals surface area contributed by atoms with E-state index in [4.69, 9.17) is 16.9 Å². The van der Waals surface area contributed by atoms with Crippen LogP contribution in [0, 0.1) is 17.1 Å². The van der Waals surface area contributed by atoms with E-state index in [0.29, 0.717) is 22.9 Å². The molecule has 4 heteroatoms. The van der Waals surface area contributed by atoms with Gasteiger partial charge in [-0.15, -0.1) is 0 Å². The number of nitriles is 1. The summed E-state index contributed by atoms with van der Waals surface area (Å²) < 4.78 is 14.5. The topological polar surface area (TPSA) is 23.8 Å². The molecule has 1 fully saturated rings. The molecule has 15 heavy (non-hydrogen) atoms. The Bertz CT molecular complexity index is 449. The van der Waals surface area contributed by atoms with E-state index < -0.39 is 11.2 Å². The second-order valence-electron chi connectivity index (χ2n) is 3.77. The van der Waals surface area contributed by atoms with E-state index in [1.54, 1.807) is 6.07 Å². The number of halogens is 3. The summed E-state index contributed by atoms with van der Waals surface area (Å²) in [6.07, 6.45) is 2.38. The molecule has 0 saturated heterocycles. The Morgan fingerprint density at radius 3 is 2.60 bits per heavy atom. The van der Waals surface area contributed by atoms with E-state index in [-0.39, 0.29) is 5.02 Å². The van der Waals surface area contributed by atoms with E-state index in [1.165, 1.54) is 6.07 Å². The third kappa shape index (κ3) is 1.56. The van der Waals surface area contributed by atoms with Crippen molar-refractivity contribution < 1.29 is 4.39 Å². The lowest BCUT2D eigenvalue weighted by Crippen LogP contribution is -2.33. The highest BCUT2D eigenvalue weighted by Gasteiger charge is 2.42. The number of hydrogen-bond donors (Lipinski definition) is 0. The first-order chi connectivity index (χ1) is 7.10. The second-order valence-corrected chi connectivity index (χ2v) is 5.03. The lowest BCUT2D eigenvalue weighted by atomic mass is 9.65. The highest BCUT2D eigenvalue weighted by atomic mass is 79.9. The van der Waals surface area contributed by atoms with Crippen molar-refractivity contribution in [2.45, 2.75) is 24.7 Å². The van der Waals surface area contributed by atoms with E-state index in [1.807, 2.05) is 0 Å². The van der Waals surface area contributed by atoms with Crippen LogP contribution < -0.4 is 0 Å². The Labute approximate surface area is 101 Å². The lowest BCUT2D eigenvalue weighted by molar-refractivity contribution is 0.312. The van der Waals surface area contributed by atoms with Crippen LogP contribution in [0.3, 0.4) is 0 Å². The van der Waals surface area contributed by atoms with Gasteiger partial charge in [0.1, 0.15) is 5.82 Å². The highest BCUT2D eigenvalue weighted by Crippen LogP contribution is 2.47. The van der Waals surface area contributed by atoms with E-state index in [2.05, 4.69) is 22.0 Å². The molecule has 0 atom stereocenters. The van der Waals surface area contributed by atoms with Crippen LogP contribution >= 0.6 is 27.5 Å². The fourth-order valence-corrected chi connectivity index (χ4v) is 2.76. The molecule has 1 saturated carbocycles. The Morgan fingerprint density at radius 2 is 2.13 bits per heavy atom. The molecule has 0 aromatic heterocycles. The normalized spacial score (nSPS) is 18.0. The standard InChI is InChI=1S/C11H8BrClFN/c12-7-2-3-8(13)10(14)9(7)11(6-15)4-1-5-11/h2-3H,1,4-5H2. The third-order valence-electron chi connectivity index (χ3n) is 2.94. The molecule has 0 spiro atoms. The van der Waals surface area contributed by atoms with E-state index in [0.717, 1.165) is 6.42 Å². The summed E-state index contributed by atoms with van der Waals surface area (Å²) in [4.78, 5) is 0. The molecule has 1 aliphatic carbocycles. The molecule has 0 N–H and O–H groups in total. The van der Waals surface area contributed by atoms with Crippen LogP contribution in [-0.2, 0) is 5.41 Å². The van der Waals surface area contributed by atoms with Gasteiger partial charge >= 0.3 is 0 Å². The molecule has 1 aliphatic rings. The number of hydrogen-bond acceptors (Lipinski definition) is 1. The monoisotopic (exact) mass is 287 g/mol. The zero-order valence-electron chi connectivity index (χ0n) is 7.86. The predicted octanol–water partition coefficient (Wildman–Crippen LogP) is 4.19. The van der Waals surface area contributed by atoms with E-state index >= 15 is 0 Å². The molecule has 1 aromatic carbocycles. The van der Waals surface area contributed by atoms with Crippen molar-refractivity contribution in [3.63, 3.8) is 0 Å². The fourth-order valence-electron chi connectivity index (χ4n) is 1.91. The van der Waals surface area contributed by atoms with Gasteiger partial charge in [0.15, 0.2) is 0 Å². The molecule has 0 heterocycles. The van der Waals surface area contributed by atoms with Crippen LogP contribution in [0.25, 0.3) is 0 Å². The fraction of sp³-hybridized carbons (Fsp3) is 0.364. The molecule has 0 aliphatic heterocycles. The first-order valence-electron chi connectivity index (χ1n) is 4.66. The van der Waals surface area contributed by atoms with Crippen molar-refractivity contribution in [1.82, 2.24) is 0 Å². The molecular formula is C11H8BrClFN. The molecule has 78 valence electrons. The van der Waals surface area contributed by atoms with Gasteiger partial charge in [0.05, 0.1) is 16.5 Å². The van der Waals surface area contributed by atoms with Crippen molar-refractivity contribution in [1.29, 1.82) is 5.26 Å². The van der Waals surface area contributed by atoms with Crippen LogP contribution in [0.1, 0.15) is 24.8 Å². The van der Waals surface area contributed by atoms with Crippen molar-refractivity contribution in [3.8, 4) is 6.07 Å². The van der Waals surface area contributed by atoms with E-state index in [9.17, 15) is 4.39 Å². The maximum atomic E-state index is 13.9. The molecule has 0 bridgehead atoms. The van der Waals surface area contributed by atoms with Crippen molar-refractivity contribution in [3.05, 3.63) is 33.0 Å². The number of rotatable bonds is 1. The number of benzene rings is 1.